The van der Waals surface area contributed by atoms with Crippen LogP contribution in [0.4, 0.5) is 4.39 Å². The number of ether oxygens (including phenoxy) is 1. The van der Waals surface area contributed by atoms with Crippen LogP contribution in [0.3, 0.4) is 0 Å². The molecule has 2 aliphatic heterocycles. The smallest absolute Gasteiger partial charge is 0.126 e. The molecule has 104 valence electrons. The molecule has 2 saturated heterocycles. The van der Waals surface area contributed by atoms with Gasteiger partial charge in [0, 0.05) is 19.3 Å². The van der Waals surface area contributed by atoms with Crippen LogP contribution < -0.4 is 0 Å². The van der Waals surface area contributed by atoms with Crippen molar-refractivity contribution >= 4 is 0 Å². The van der Waals surface area contributed by atoms with Crippen molar-refractivity contribution in [2.45, 2.75) is 37.6 Å². The Morgan fingerprint density at radius 1 is 1.00 bits per heavy atom. The predicted octanol–water partition coefficient (Wildman–Crippen LogP) is 3.18. The Kier molecular flexibility index (Phi) is 4.14. The highest BCUT2D eigenvalue weighted by atomic mass is 19.1. The fourth-order valence-corrected chi connectivity index (χ4v) is 3.43. The van der Waals surface area contributed by atoms with E-state index in [1.807, 2.05) is 12.1 Å². The number of likely N-dealkylation sites (tertiary alicyclic amines) is 1. The molecule has 0 unspecified atom stereocenters. The lowest BCUT2D eigenvalue weighted by atomic mass is 9.88. The summed E-state index contributed by atoms with van der Waals surface area (Å²) in [7, 11) is 0. The number of halogens is 1. The maximum atomic E-state index is 13.8. The molecule has 0 bridgehead atoms. The second kappa shape index (κ2) is 6.02. The highest BCUT2D eigenvalue weighted by Gasteiger charge is 2.27. The second-order valence-electron chi connectivity index (χ2n) is 5.68. The molecular weight excluding hydrogens is 241 g/mol. The molecule has 2 heterocycles. The van der Waals surface area contributed by atoms with Gasteiger partial charge in [0.2, 0.25) is 0 Å². The van der Waals surface area contributed by atoms with Crippen LogP contribution in [0.1, 0.15) is 37.2 Å². The summed E-state index contributed by atoms with van der Waals surface area (Å²) in [5, 5.41) is 0. The van der Waals surface area contributed by atoms with E-state index in [1.165, 1.54) is 0 Å². The number of hydrogen-bond donors (Lipinski definition) is 0. The molecule has 2 fully saturated rings. The van der Waals surface area contributed by atoms with E-state index in [0.29, 0.717) is 12.0 Å². The van der Waals surface area contributed by atoms with Crippen LogP contribution in [0.2, 0.25) is 0 Å². The zero-order valence-corrected chi connectivity index (χ0v) is 11.4. The van der Waals surface area contributed by atoms with Gasteiger partial charge < -0.3 is 9.64 Å². The molecule has 0 radical (unpaired) electrons. The van der Waals surface area contributed by atoms with E-state index in [2.05, 4.69) is 4.90 Å². The summed E-state index contributed by atoms with van der Waals surface area (Å²) in [5.41, 5.74) is 0.911. The van der Waals surface area contributed by atoms with Crippen LogP contribution in [0, 0.1) is 5.82 Å². The van der Waals surface area contributed by atoms with Gasteiger partial charge in [0.1, 0.15) is 5.82 Å². The molecular formula is C16H22FNO. The van der Waals surface area contributed by atoms with Crippen LogP contribution in [0.5, 0.6) is 0 Å². The molecule has 2 aliphatic rings. The summed E-state index contributed by atoms with van der Waals surface area (Å²) in [5.74, 6) is 0.365. The van der Waals surface area contributed by atoms with Gasteiger partial charge in [0.05, 0.1) is 0 Å². The lowest BCUT2D eigenvalue weighted by Crippen LogP contribution is -2.43. The number of piperidine rings is 1. The Bertz CT molecular complexity index is 409. The van der Waals surface area contributed by atoms with Gasteiger partial charge in [-0.05, 0) is 56.3 Å². The van der Waals surface area contributed by atoms with E-state index in [-0.39, 0.29) is 5.82 Å². The summed E-state index contributed by atoms with van der Waals surface area (Å²) in [6.45, 7) is 4.00. The third kappa shape index (κ3) is 2.98. The molecule has 0 atom stereocenters. The SMILES string of the molecule is Fc1ccccc1C1CCN(C2CCOCC2)CC1. The first-order valence-corrected chi connectivity index (χ1v) is 7.41. The van der Waals surface area contributed by atoms with Crippen LogP contribution >= 0.6 is 0 Å². The Morgan fingerprint density at radius 2 is 1.68 bits per heavy atom. The lowest BCUT2D eigenvalue weighted by molar-refractivity contribution is 0.0250. The fourth-order valence-electron chi connectivity index (χ4n) is 3.43. The second-order valence-corrected chi connectivity index (χ2v) is 5.68. The zero-order valence-electron chi connectivity index (χ0n) is 11.4. The molecule has 0 spiro atoms. The van der Waals surface area contributed by atoms with Gasteiger partial charge in [-0.15, -0.1) is 0 Å². The van der Waals surface area contributed by atoms with Gasteiger partial charge >= 0.3 is 0 Å². The van der Waals surface area contributed by atoms with Gasteiger partial charge in [-0.3, -0.25) is 0 Å². The quantitative estimate of drug-likeness (QED) is 0.812. The molecule has 3 rings (SSSR count). The molecule has 0 saturated carbocycles. The van der Waals surface area contributed by atoms with Gasteiger partial charge in [0.15, 0.2) is 0 Å². The first-order valence-electron chi connectivity index (χ1n) is 7.41. The Balaban J connectivity index is 1.58. The molecule has 0 aliphatic carbocycles. The van der Waals surface area contributed by atoms with E-state index in [1.54, 1.807) is 12.1 Å². The topological polar surface area (TPSA) is 12.5 Å². The minimum absolute atomic E-state index is 0.0352. The van der Waals surface area contributed by atoms with Crippen molar-refractivity contribution in [3.63, 3.8) is 0 Å². The number of rotatable bonds is 2. The van der Waals surface area contributed by atoms with E-state index in [4.69, 9.17) is 4.74 Å². The normalized spacial score (nSPS) is 23.6. The number of hydrogen-bond acceptors (Lipinski definition) is 2. The molecule has 0 amide bonds. The molecule has 1 aromatic rings. The van der Waals surface area contributed by atoms with Crippen molar-refractivity contribution in [3.05, 3.63) is 35.6 Å². The van der Waals surface area contributed by atoms with Crippen molar-refractivity contribution in [2.24, 2.45) is 0 Å². The van der Waals surface area contributed by atoms with Crippen LogP contribution in [0.15, 0.2) is 24.3 Å². The van der Waals surface area contributed by atoms with Crippen molar-refractivity contribution in [1.82, 2.24) is 4.90 Å². The molecule has 3 heteroatoms. The van der Waals surface area contributed by atoms with Crippen LogP contribution in [0.25, 0.3) is 0 Å². The summed E-state index contributed by atoms with van der Waals surface area (Å²) in [6.07, 6.45) is 4.48. The Hall–Kier alpha value is -0.930. The van der Waals surface area contributed by atoms with Gasteiger partial charge in [-0.1, -0.05) is 18.2 Å². The minimum atomic E-state index is -0.0352. The lowest BCUT2D eigenvalue weighted by Gasteiger charge is -2.39. The van der Waals surface area contributed by atoms with Gasteiger partial charge in [-0.2, -0.15) is 0 Å². The first-order chi connectivity index (χ1) is 9.34. The molecule has 1 aromatic carbocycles. The highest BCUT2D eigenvalue weighted by Crippen LogP contribution is 2.31. The largest absolute Gasteiger partial charge is 0.381 e. The Labute approximate surface area is 114 Å². The van der Waals surface area contributed by atoms with Crippen LogP contribution in [-0.2, 0) is 4.74 Å². The summed E-state index contributed by atoms with van der Waals surface area (Å²) in [4.78, 5) is 2.58. The summed E-state index contributed by atoms with van der Waals surface area (Å²) in [6, 6.07) is 7.94. The van der Waals surface area contributed by atoms with E-state index in [0.717, 1.165) is 57.6 Å². The maximum Gasteiger partial charge on any atom is 0.126 e. The minimum Gasteiger partial charge on any atom is -0.381 e. The summed E-state index contributed by atoms with van der Waals surface area (Å²) >= 11 is 0. The Morgan fingerprint density at radius 3 is 2.37 bits per heavy atom. The van der Waals surface area contributed by atoms with Crippen molar-refractivity contribution in [3.8, 4) is 0 Å². The van der Waals surface area contributed by atoms with Crippen molar-refractivity contribution < 1.29 is 9.13 Å². The van der Waals surface area contributed by atoms with E-state index >= 15 is 0 Å². The first kappa shape index (κ1) is 13.1. The van der Waals surface area contributed by atoms with Gasteiger partial charge in [-0.25, -0.2) is 4.39 Å². The zero-order chi connectivity index (χ0) is 13.1. The highest BCUT2D eigenvalue weighted by molar-refractivity contribution is 5.22. The molecule has 0 N–H and O–H groups in total. The predicted molar refractivity (Wildman–Crippen MR) is 73.8 cm³/mol. The molecule has 2 nitrogen and oxygen atoms in total. The van der Waals surface area contributed by atoms with Crippen molar-refractivity contribution in [1.29, 1.82) is 0 Å². The number of benzene rings is 1. The van der Waals surface area contributed by atoms with Gasteiger partial charge in [0.25, 0.3) is 0 Å². The monoisotopic (exact) mass is 263 g/mol. The third-order valence-corrected chi connectivity index (χ3v) is 4.58. The van der Waals surface area contributed by atoms with Crippen LogP contribution in [-0.4, -0.2) is 37.2 Å². The van der Waals surface area contributed by atoms with Crippen molar-refractivity contribution in [2.75, 3.05) is 26.3 Å². The third-order valence-electron chi connectivity index (χ3n) is 4.58. The average molecular weight is 263 g/mol. The summed E-state index contributed by atoms with van der Waals surface area (Å²) < 4.78 is 19.2. The standard InChI is InChI=1S/C16H22FNO/c17-16-4-2-1-3-15(16)13-5-9-18(10-6-13)14-7-11-19-12-8-14/h1-4,13-14H,5-12H2. The maximum absolute atomic E-state index is 13.8. The van der Waals surface area contributed by atoms with E-state index in [9.17, 15) is 4.39 Å². The molecule has 0 aromatic heterocycles. The fraction of sp³-hybridized carbons (Fsp3) is 0.625. The number of nitrogens with zero attached hydrogens (tertiary/aromatic N) is 1. The molecule has 19 heavy (non-hydrogen) atoms. The van der Waals surface area contributed by atoms with E-state index < -0.39 is 0 Å². The average Bonchev–Trinajstić information content (AvgIpc) is 2.49.